The molecule has 0 bridgehead atoms. The minimum absolute atomic E-state index is 0.367. The molecule has 5 heteroatoms. The second-order valence-corrected chi connectivity index (χ2v) is 3.20. The van der Waals surface area contributed by atoms with Gasteiger partial charge in [0.15, 0.2) is 0 Å². The third-order valence-corrected chi connectivity index (χ3v) is 2.13. The van der Waals surface area contributed by atoms with Gasteiger partial charge in [0.2, 0.25) is 0 Å². The van der Waals surface area contributed by atoms with Crippen LogP contribution in [0.1, 0.15) is 12.7 Å². The Hall–Kier alpha value is -2.04. The molecule has 0 unspecified atom stereocenters. The van der Waals surface area contributed by atoms with E-state index >= 15 is 0 Å². The molecule has 2 rings (SSSR count). The summed E-state index contributed by atoms with van der Waals surface area (Å²) < 4.78 is 5.09. The first-order valence-electron chi connectivity index (χ1n) is 4.68. The highest BCUT2D eigenvalue weighted by Crippen LogP contribution is 2.24. The zero-order chi connectivity index (χ0) is 10.8. The number of aryl methyl sites for hydroxylation is 1. The number of hydrogen-bond acceptors (Lipinski definition) is 5. The van der Waals surface area contributed by atoms with Crippen LogP contribution in [0.3, 0.4) is 0 Å². The van der Waals surface area contributed by atoms with E-state index in [2.05, 4.69) is 10.1 Å². The zero-order valence-electron chi connectivity index (χ0n) is 8.40. The van der Waals surface area contributed by atoms with Crippen LogP contribution in [-0.2, 0) is 6.42 Å². The van der Waals surface area contributed by atoms with Gasteiger partial charge in [0, 0.05) is 18.1 Å². The smallest absolute Gasteiger partial charge is 0.137 e. The molecule has 0 radical (unpaired) electrons. The van der Waals surface area contributed by atoms with Crippen LogP contribution >= 0.6 is 0 Å². The number of aromatic nitrogens is 2. The Balaban J connectivity index is 2.44. The second kappa shape index (κ2) is 3.61. The highest BCUT2D eigenvalue weighted by Gasteiger charge is 2.09. The Morgan fingerprint density at radius 2 is 2.13 bits per heavy atom. The lowest BCUT2D eigenvalue weighted by Crippen LogP contribution is -1.98. The summed E-state index contributed by atoms with van der Waals surface area (Å²) in [5.41, 5.74) is 12.7. The van der Waals surface area contributed by atoms with Crippen molar-refractivity contribution in [1.82, 2.24) is 10.1 Å². The van der Waals surface area contributed by atoms with Crippen molar-refractivity contribution in [2.75, 3.05) is 11.5 Å². The van der Waals surface area contributed by atoms with Gasteiger partial charge in [-0.1, -0.05) is 12.1 Å². The van der Waals surface area contributed by atoms with Crippen LogP contribution < -0.4 is 11.5 Å². The van der Waals surface area contributed by atoms with Gasteiger partial charge in [0.1, 0.15) is 23.1 Å². The van der Waals surface area contributed by atoms with Gasteiger partial charge in [-0.25, -0.2) is 4.98 Å². The molecular weight excluding hydrogens is 192 g/mol. The summed E-state index contributed by atoms with van der Waals surface area (Å²) >= 11 is 0. The fourth-order valence-corrected chi connectivity index (χ4v) is 1.31. The number of nitrogens with two attached hydrogens (primary N) is 2. The van der Waals surface area contributed by atoms with Gasteiger partial charge in [0.05, 0.1) is 0 Å². The van der Waals surface area contributed by atoms with Gasteiger partial charge in [-0.2, -0.15) is 0 Å². The molecule has 2 aromatic rings. The summed E-state index contributed by atoms with van der Waals surface area (Å²) in [6.07, 6.45) is 0.801. The molecule has 0 aliphatic rings. The summed E-state index contributed by atoms with van der Waals surface area (Å²) in [6, 6.07) is 5.32. The monoisotopic (exact) mass is 204 g/mol. The molecule has 78 valence electrons. The van der Waals surface area contributed by atoms with Crippen LogP contribution in [0, 0.1) is 0 Å². The summed E-state index contributed by atoms with van der Waals surface area (Å²) in [6.45, 7) is 1.99. The number of rotatable bonds is 2. The Kier molecular flexibility index (Phi) is 2.29. The molecule has 2 aromatic heterocycles. The summed E-state index contributed by atoms with van der Waals surface area (Å²) in [5.74, 6) is 1.59. The molecule has 0 fully saturated rings. The summed E-state index contributed by atoms with van der Waals surface area (Å²) in [5, 5.41) is 3.91. The standard InChI is InChI=1S/C10H12N4O/c1-2-6-5-8(14-15-6)7-3-4-9(11)13-10(7)12/h3-5H,2H2,1H3,(H4,11,12,13). The molecule has 0 atom stereocenters. The van der Waals surface area contributed by atoms with E-state index in [9.17, 15) is 0 Å². The van der Waals surface area contributed by atoms with Crippen LogP contribution in [0.2, 0.25) is 0 Å². The maximum atomic E-state index is 5.73. The lowest BCUT2D eigenvalue weighted by Gasteiger charge is -2.00. The molecule has 0 aromatic carbocycles. The van der Waals surface area contributed by atoms with E-state index in [1.54, 1.807) is 12.1 Å². The zero-order valence-corrected chi connectivity index (χ0v) is 8.40. The van der Waals surface area contributed by atoms with Crippen molar-refractivity contribution in [3.05, 3.63) is 24.0 Å². The maximum absolute atomic E-state index is 5.73. The van der Waals surface area contributed by atoms with Crippen molar-refractivity contribution >= 4 is 11.6 Å². The average molecular weight is 204 g/mol. The van der Waals surface area contributed by atoms with Crippen molar-refractivity contribution < 1.29 is 4.52 Å². The summed E-state index contributed by atoms with van der Waals surface area (Å²) in [7, 11) is 0. The van der Waals surface area contributed by atoms with Crippen LogP contribution in [0.25, 0.3) is 11.3 Å². The predicted octanol–water partition coefficient (Wildman–Crippen LogP) is 1.46. The maximum Gasteiger partial charge on any atom is 0.137 e. The fourth-order valence-electron chi connectivity index (χ4n) is 1.31. The van der Waals surface area contributed by atoms with Gasteiger partial charge in [-0.3, -0.25) is 0 Å². The minimum Gasteiger partial charge on any atom is -0.384 e. The van der Waals surface area contributed by atoms with Crippen molar-refractivity contribution in [3.8, 4) is 11.3 Å². The van der Waals surface area contributed by atoms with Crippen LogP contribution in [0.15, 0.2) is 22.7 Å². The Morgan fingerprint density at radius 1 is 1.33 bits per heavy atom. The number of hydrogen-bond donors (Lipinski definition) is 2. The Bertz CT molecular complexity index is 478. The highest BCUT2D eigenvalue weighted by atomic mass is 16.5. The largest absolute Gasteiger partial charge is 0.384 e. The molecule has 0 aliphatic heterocycles. The van der Waals surface area contributed by atoms with Crippen LogP contribution in [-0.4, -0.2) is 10.1 Å². The van der Waals surface area contributed by atoms with E-state index in [1.807, 2.05) is 13.0 Å². The minimum atomic E-state index is 0.367. The highest BCUT2D eigenvalue weighted by molar-refractivity contribution is 5.72. The molecule has 15 heavy (non-hydrogen) atoms. The molecule has 4 N–H and O–H groups in total. The first kappa shape index (κ1) is 9.51. The van der Waals surface area contributed by atoms with E-state index in [1.165, 1.54) is 0 Å². The number of nitrogens with zero attached hydrogens (tertiary/aromatic N) is 2. The molecule has 0 saturated heterocycles. The molecule has 0 aliphatic carbocycles. The second-order valence-electron chi connectivity index (χ2n) is 3.20. The Morgan fingerprint density at radius 3 is 2.73 bits per heavy atom. The lowest BCUT2D eigenvalue weighted by atomic mass is 10.1. The molecule has 0 saturated carbocycles. The Labute approximate surface area is 87.1 Å². The van der Waals surface area contributed by atoms with Crippen molar-refractivity contribution in [2.24, 2.45) is 0 Å². The van der Waals surface area contributed by atoms with Crippen molar-refractivity contribution in [1.29, 1.82) is 0 Å². The third kappa shape index (κ3) is 1.76. The van der Waals surface area contributed by atoms with Gasteiger partial charge >= 0.3 is 0 Å². The fraction of sp³-hybridized carbons (Fsp3) is 0.200. The van der Waals surface area contributed by atoms with E-state index in [4.69, 9.17) is 16.0 Å². The normalized spacial score (nSPS) is 10.5. The molecule has 5 nitrogen and oxygen atoms in total. The van der Waals surface area contributed by atoms with Gasteiger partial charge in [0.25, 0.3) is 0 Å². The van der Waals surface area contributed by atoms with Gasteiger partial charge in [-0.05, 0) is 12.1 Å². The number of anilines is 2. The topological polar surface area (TPSA) is 91.0 Å². The van der Waals surface area contributed by atoms with Crippen molar-refractivity contribution in [3.63, 3.8) is 0 Å². The molecule has 2 heterocycles. The lowest BCUT2D eigenvalue weighted by molar-refractivity contribution is 0.389. The number of pyridine rings is 1. The van der Waals surface area contributed by atoms with Crippen LogP contribution in [0.5, 0.6) is 0 Å². The van der Waals surface area contributed by atoms with Gasteiger partial charge < -0.3 is 16.0 Å². The average Bonchev–Trinajstić information content (AvgIpc) is 2.66. The van der Waals surface area contributed by atoms with Crippen LogP contribution in [0.4, 0.5) is 11.6 Å². The van der Waals surface area contributed by atoms with E-state index < -0.39 is 0 Å². The third-order valence-electron chi connectivity index (χ3n) is 2.13. The molecule has 0 amide bonds. The van der Waals surface area contributed by atoms with E-state index in [0.717, 1.165) is 17.7 Å². The molecular formula is C10H12N4O. The first-order valence-corrected chi connectivity index (χ1v) is 4.68. The number of nitrogen functional groups attached to an aromatic ring is 2. The summed E-state index contributed by atoms with van der Waals surface area (Å²) in [4.78, 5) is 3.96. The van der Waals surface area contributed by atoms with Crippen molar-refractivity contribution in [2.45, 2.75) is 13.3 Å². The van der Waals surface area contributed by atoms with E-state index in [0.29, 0.717) is 17.3 Å². The quantitative estimate of drug-likeness (QED) is 0.772. The molecule has 0 spiro atoms. The van der Waals surface area contributed by atoms with E-state index in [-0.39, 0.29) is 0 Å². The first-order chi connectivity index (χ1) is 7.20. The predicted molar refractivity (Wildman–Crippen MR) is 57.9 cm³/mol. The van der Waals surface area contributed by atoms with Gasteiger partial charge in [-0.15, -0.1) is 0 Å². The SMILES string of the molecule is CCc1cc(-c2ccc(N)nc2N)no1.